The first-order valence-corrected chi connectivity index (χ1v) is 9.95. The van der Waals surface area contributed by atoms with E-state index in [4.69, 9.17) is 4.74 Å². The van der Waals surface area contributed by atoms with E-state index in [1.54, 1.807) is 47.7 Å². The van der Waals surface area contributed by atoms with E-state index in [1.807, 2.05) is 0 Å². The fourth-order valence-corrected chi connectivity index (χ4v) is 4.52. The van der Waals surface area contributed by atoms with Crippen molar-refractivity contribution in [1.29, 1.82) is 0 Å². The van der Waals surface area contributed by atoms with Gasteiger partial charge in [-0.05, 0) is 38.0 Å². The third-order valence-electron chi connectivity index (χ3n) is 4.74. The molecule has 1 amide bonds. The van der Waals surface area contributed by atoms with Crippen molar-refractivity contribution in [2.45, 2.75) is 24.7 Å². The summed E-state index contributed by atoms with van der Waals surface area (Å²) in [6.07, 6.45) is 1.96. The molecule has 0 atom stereocenters. The smallest absolute Gasteiger partial charge is 0.270 e. The van der Waals surface area contributed by atoms with Crippen LogP contribution in [0.5, 0.6) is 5.75 Å². The third-order valence-corrected chi connectivity index (χ3v) is 6.22. The number of methoxy groups -OCH3 is 1. The zero-order valence-electron chi connectivity index (χ0n) is 15.2. The van der Waals surface area contributed by atoms with Crippen molar-refractivity contribution in [2.75, 3.05) is 24.9 Å². The summed E-state index contributed by atoms with van der Waals surface area (Å²) in [5, 5.41) is 0. The standard InChI is InChI=1S/C18H23N3O4S/c1-13-17(12-15(20(13)2)18(22)21-10-6-7-11-21)26(23,24)19-14-8-4-5-9-16(14)25-3/h4-5,8-9,12,19H,6-7,10-11H2,1-3H3. The number of amides is 1. The average Bonchev–Trinajstić information content (AvgIpc) is 3.24. The Labute approximate surface area is 153 Å². The third kappa shape index (κ3) is 3.29. The number of hydrogen-bond donors (Lipinski definition) is 1. The van der Waals surface area contributed by atoms with Crippen LogP contribution in [0.4, 0.5) is 5.69 Å². The molecular formula is C18H23N3O4S. The van der Waals surface area contributed by atoms with Crippen LogP contribution in [0.1, 0.15) is 29.0 Å². The van der Waals surface area contributed by atoms with E-state index in [0.717, 1.165) is 12.8 Å². The van der Waals surface area contributed by atoms with Crippen molar-refractivity contribution >= 4 is 21.6 Å². The van der Waals surface area contributed by atoms with Gasteiger partial charge in [-0.2, -0.15) is 0 Å². The summed E-state index contributed by atoms with van der Waals surface area (Å²) in [6, 6.07) is 8.24. The monoisotopic (exact) mass is 377 g/mol. The highest BCUT2D eigenvalue weighted by Gasteiger charge is 2.28. The molecule has 3 rings (SSSR count). The number of para-hydroxylation sites is 2. The van der Waals surface area contributed by atoms with Crippen LogP contribution in [-0.2, 0) is 17.1 Å². The highest BCUT2D eigenvalue weighted by atomic mass is 32.2. The molecule has 7 nitrogen and oxygen atoms in total. The van der Waals surface area contributed by atoms with Crippen LogP contribution in [-0.4, -0.2) is 44.0 Å². The normalized spacial score (nSPS) is 14.5. The van der Waals surface area contributed by atoms with Gasteiger partial charge < -0.3 is 14.2 Å². The van der Waals surface area contributed by atoms with Crippen molar-refractivity contribution < 1.29 is 17.9 Å². The maximum Gasteiger partial charge on any atom is 0.270 e. The zero-order chi connectivity index (χ0) is 18.9. The van der Waals surface area contributed by atoms with Gasteiger partial charge in [-0.3, -0.25) is 9.52 Å². The molecular weight excluding hydrogens is 354 g/mol. The number of benzene rings is 1. The van der Waals surface area contributed by atoms with Crippen LogP contribution in [0.25, 0.3) is 0 Å². The number of likely N-dealkylation sites (tertiary alicyclic amines) is 1. The van der Waals surface area contributed by atoms with Crippen LogP contribution in [0.3, 0.4) is 0 Å². The van der Waals surface area contributed by atoms with Gasteiger partial charge in [-0.1, -0.05) is 12.1 Å². The van der Waals surface area contributed by atoms with Gasteiger partial charge in [0.15, 0.2) is 0 Å². The first-order chi connectivity index (χ1) is 12.3. The number of aromatic nitrogens is 1. The fourth-order valence-electron chi connectivity index (χ4n) is 3.16. The number of nitrogens with one attached hydrogen (secondary N) is 1. The first kappa shape index (κ1) is 18.3. The van der Waals surface area contributed by atoms with E-state index in [-0.39, 0.29) is 10.8 Å². The second-order valence-electron chi connectivity index (χ2n) is 6.34. The topological polar surface area (TPSA) is 80.6 Å². The van der Waals surface area contributed by atoms with Gasteiger partial charge in [-0.25, -0.2) is 8.42 Å². The number of carbonyl (C=O) groups excluding carboxylic acids is 1. The molecule has 1 fully saturated rings. The van der Waals surface area contributed by atoms with Crippen molar-refractivity contribution in [1.82, 2.24) is 9.47 Å². The Hall–Kier alpha value is -2.48. The molecule has 0 radical (unpaired) electrons. The quantitative estimate of drug-likeness (QED) is 0.867. The minimum atomic E-state index is -3.86. The van der Waals surface area contributed by atoms with Crippen LogP contribution >= 0.6 is 0 Å². The predicted octanol–water partition coefficient (Wildman–Crippen LogP) is 2.38. The van der Waals surface area contributed by atoms with E-state index in [9.17, 15) is 13.2 Å². The zero-order valence-corrected chi connectivity index (χ0v) is 16.0. The Morgan fingerprint density at radius 3 is 2.50 bits per heavy atom. The van der Waals surface area contributed by atoms with Crippen LogP contribution < -0.4 is 9.46 Å². The Morgan fingerprint density at radius 1 is 1.19 bits per heavy atom. The fraction of sp³-hybridized carbons (Fsp3) is 0.389. The Bertz CT molecular complexity index is 928. The van der Waals surface area contributed by atoms with E-state index >= 15 is 0 Å². The van der Waals surface area contributed by atoms with Gasteiger partial charge in [0.1, 0.15) is 16.3 Å². The molecule has 26 heavy (non-hydrogen) atoms. The predicted molar refractivity (Wildman–Crippen MR) is 99.1 cm³/mol. The average molecular weight is 377 g/mol. The van der Waals surface area contributed by atoms with Crippen molar-refractivity contribution in [2.24, 2.45) is 7.05 Å². The van der Waals surface area contributed by atoms with Gasteiger partial charge in [0.05, 0.1) is 12.8 Å². The molecule has 0 spiro atoms. The molecule has 2 heterocycles. The van der Waals surface area contributed by atoms with Crippen molar-refractivity contribution in [3.05, 3.63) is 41.7 Å². The van der Waals surface area contributed by atoms with Crippen LogP contribution in [0.15, 0.2) is 35.2 Å². The summed E-state index contributed by atoms with van der Waals surface area (Å²) in [5.41, 5.74) is 1.24. The summed E-state index contributed by atoms with van der Waals surface area (Å²) in [5.74, 6) is 0.296. The van der Waals surface area contributed by atoms with Gasteiger partial charge in [0, 0.05) is 25.8 Å². The van der Waals surface area contributed by atoms with Crippen molar-refractivity contribution in [3.8, 4) is 5.75 Å². The molecule has 0 unspecified atom stereocenters. The van der Waals surface area contributed by atoms with E-state index in [0.29, 0.717) is 35.9 Å². The molecule has 1 aromatic heterocycles. The number of nitrogens with zero attached hydrogens (tertiary/aromatic N) is 2. The molecule has 2 aromatic rings. The van der Waals surface area contributed by atoms with Gasteiger partial charge in [0.2, 0.25) is 0 Å². The van der Waals surface area contributed by atoms with E-state index in [2.05, 4.69) is 4.72 Å². The second-order valence-corrected chi connectivity index (χ2v) is 7.99. The number of ether oxygens (including phenoxy) is 1. The minimum Gasteiger partial charge on any atom is -0.495 e. The lowest BCUT2D eigenvalue weighted by molar-refractivity contribution is 0.0783. The number of anilines is 1. The SMILES string of the molecule is COc1ccccc1NS(=O)(=O)c1cc(C(=O)N2CCCC2)n(C)c1C. The molecule has 1 aliphatic rings. The number of rotatable bonds is 5. The minimum absolute atomic E-state index is 0.0912. The lowest BCUT2D eigenvalue weighted by Crippen LogP contribution is -2.29. The molecule has 1 aromatic carbocycles. The Kier molecular flexibility index (Phi) is 4.95. The van der Waals surface area contributed by atoms with Gasteiger partial charge in [-0.15, -0.1) is 0 Å². The summed E-state index contributed by atoms with van der Waals surface area (Å²) < 4.78 is 35.2. The summed E-state index contributed by atoms with van der Waals surface area (Å²) in [6.45, 7) is 3.12. The van der Waals surface area contributed by atoms with Gasteiger partial charge in [0.25, 0.3) is 15.9 Å². The number of sulfonamides is 1. The Balaban J connectivity index is 1.95. The molecule has 8 heteroatoms. The number of carbonyl (C=O) groups is 1. The van der Waals surface area contributed by atoms with Gasteiger partial charge >= 0.3 is 0 Å². The molecule has 0 aliphatic carbocycles. The largest absolute Gasteiger partial charge is 0.495 e. The molecule has 0 bridgehead atoms. The highest BCUT2D eigenvalue weighted by Crippen LogP contribution is 2.28. The van der Waals surface area contributed by atoms with Crippen LogP contribution in [0, 0.1) is 6.92 Å². The molecule has 1 aliphatic heterocycles. The molecule has 0 saturated carbocycles. The lowest BCUT2D eigenvalue weighted by atomic mass is 10.3. The molecule has 1 saturated heterocycles. The summed E-state index contributed by atoms with van der Waals surface area (Å²) in [4.78, 5) is 14.5. The Morgan fingerprint density at radius 2 is 1.85 bits per heavy atom. The maximum atomic E-state index is 12.9. The molecule has 140 valence electrons. The summed E-state index contributed by atoms with van der Waals surface area (Å²) in [7, 11) is -0.668. The summed E-state index contributed by atoms with van der Waals surface area (Å²) >= 11 is 0. The maximum absolute atomic E-state index is 12.9. The van der Waals surface area contributed by atoms with Crippen molar-refractivity contribution in [3.63, 3.8) is 0 Å². The second kappa shape index (κ2) is 7.03. The first-order valence-electron chi connectivity index (χ1n) is 8.46. The van der Waals surface area contributed by atoms with E-state index in [1.165, 1.54) is 13.2 Å². The highest BCUT2D eigenvalue weighted by molar-refractivity contribution is 7.92. The molecule has 1 N–H and O–H groups in total. The van der Waals surface area contributed by atoms with E-state index < -0.39 is 10.0 Å². The van der Waals surface area contributed by atoms with Crippen LogP contribution in [0.2, 0.25) is 0 Å². The number of hydrogen-bond acceptors (Lipinski definition) is 4. The lowest BCUT2D eigenvalue weighted by Gasteiger charge is -2.15.